The van der Waals surface area contributed by atoms with Crippen molar-refractivity contribution in [2.24, 2.45) is 0 Å². The number of fused-ring (bicyclic) bond motifs is 1. The van der Waals surface area contributed by atoms with Gasteiger partial charge in [-0.3, -0.25) is 9.59 Å². The van der Waals surface area contributed by atoms with Gasteiger partial charge in [-0.15, -0.1) is 11.8 Å². The number of amides is 2. The van der Waals surface area contributed by atoms with Crippen LogP contribution in [0.25, 0.3) is 0 Å². The van der Waals surface area contributed by atoms with Gasteiger partial charge in [-0.2, -0.15) is 0 Å². The van der Waals surface area contributed by atoms with Crippen molar-refractivity contribution >= 4 is 35.2 Å². The van der Waals surface area contributed by atoms with Crippen molar-refractivity contribution in [2.75, 3.05) is 24.2 Å². The van der Waals surface area contributed by atoms with Gasteiger partial charge in [0, 0.05) is 16.9 Å². The highest BCUT2D eigenvalue weighted by Gasteiger charge is 2.44. The Labute approximate surface area is 167 Å². The largest absolute Gasteiger partial charge is 0.452 e. The maximum Gasteiger partial charge on any atom is 0.338 e. The molecule has 0 aromatic heterocycles. The Morgan fingerprint density at radius 1 is 1.14 bits per heavy atom. The van der Waals surface area contributed by atoms with Crippen molar-refractivity contribution in [2.45, 2.75) is 23.2 Å². The number of anilines is 1. The highest BCUT2D eigenvalue weighted by Crippen LogP contribution is 2.47. The standard InChI is InChI=1S/C21H20N2O4S/c24-18(22-13-21(8-9-21)15-4-2-1-3-5-15)11-27-20(26)14-6-7-17-16(10-14)23-19(25)12-28-17/h1-7,10H,8-9,11-13H2,(H,22,24)(H,23,25). The number of thioether (sulfide) groups is 1. The minimum absolute atomic E-state index is 0.00922. The van der Waals surface area contributed by atoms with E-state index in [-0.39, 0.29) is 23.8 Å². The molecule has 0 radical (unpaired) electrons. The number of hydrogen-bond donors (Lipinski definition) is 2. The van der Waals surface area contributed by atoms with E-state index in [0.717, 1.165) is 17.7 Å². The summed E-state index contributed by atoms with van der Waals surface area (Å²) in [7, 11) is 0. The van der Waals surface area contributed by atoms with Gasteiger partial charge in [0.1, 0.15) is 0 Å². The van der Waals surface area contributed by atoms with Gasteiger partial charge in [-0.25, -0.2) is 4.79 Å². The fourth-order valence-electron chi connectivity index (χ4n) is 3.25. The lowest BCUT2D eigenvalue weighted by molar-refractivity contribution is -0.124. The molecule has 6 nitrogen and oxygen atoms in total. The van der Waals surface area contributed by atoms with Crippen molar-refractivity contribution < 1.29 is 19.1 Å². The molecule has 2 aromatic rings. The summed E-state index contributed by atoms with van der Waals surface area (Å²) in [6.07, 6.45) is 2.08. The van der Waals surface area contributed by atoms with Crippen LogP contribution in [-0.2, 0) is 19.7 Å². The van der Waals surface area contributed by atoms with Crippen LogP contribution in [0.15, 0.2) is 53.4 Å². The second kappa shape index (κ2) is 7.67. The molecule has 1 saturated carbocycles. The number of carbonyl (C=O) groups excluding carboxylic acids is 3. The number of carbonyl (C=O) groups is 3. The summed E-state index contributed by atoms with van der Waals surface area (Å²) >= 11 is 1.42. The molecule has 2 N–H and O–H groups in total. The quantitative estimate of drug-likeness (QED) is 0.734. The van der Waals surface area contributed by atoms with Crippen LogP contribution < -0.4 is 10.6 Å². The number of benzene rings is 2. The van der Waals surface area contributed by atoms with E-state index in [2.05, 4.69) is 22.8 Å². The molecule has 1 heterocycles. The molecule has 4 rings (SSSR count). The summed E-state index contributed by atoms with van der Waals surface area (Å²) in [6, 6.07) is 15.1. The average molecular weight is 396 g/mol. The SMILES string of the molecule is O=C(COC(=O)c1ccc2c(c1)NC(=O)CS2)NCC1(c2ccccc2)CC1. The predicted molar refractivity (Wildman–Crippen MR) is 106 cm³/mol. The van der Waals surface area contributed by atoms with Gasteiger partial charge >= 0.3 is 5.97 Å². The van der Waals surface area contributed by atoms with Crippen LogP contribution in [0.2, 0.25) is 0 Å². The molecule has 1 aliphatic heterocycles. The molecule has 0 saturated heterocycles. The van der Waals surface area contributed by atoms with E-state index in [1.54, 1.807) is 18.2 Å². The first-order valence-electron chi connectivity index (χ1n) is 9.12. The molecule has 2 aliphatic rings. The third-order valence-electron chi connectivity index (χ3n) is 5.05. The van der Waals surface area contributed by atoms with Gasteiger partial charge in [-0.05, 0) is 36.6 Å². The van der Waals surface area contributed by atoms with Crippen LogP contribution in [-0.4, -0.2) is 36.7 Å². The molecule has 2 amide bonds. The first kappa shape index (κ1) is 18.6. The fourth-order valence-corrected chi connectivity index (χ4v) is 4.04. The summed E-state index contributed by atoms with van der Waals surface area (Å²) < 4.78 is 5.13. The Kier molecular flexibility index (Phi) is 5.09. The molecular weight excluding hydrogens is 376 g/mol. The number of esters is 1. The van der Waals surface area contributed by atoms with Gasteiger partial charge in [-0.1, -0.05) is 30.3 Å². The van der Waals surface area contributed by atoms with Gasteiger partial charge in [0.25, 0.3) is 5.91 Å². The zero-order chi connectivity index (χ0) is 19.6. The van der Waals surface area contributed by atoms with Crippen molar-refractivity contribution in [3.05, 3.63) is 59.7 Å². The molecule has 0 bridgehead atoms. The first-order chi connectivity index (χ1) is 13.6. The Morgan fingerprint density at radius 2 is 1.93 bits per heavy atom. The highest BCUT2D eigenvalue weighted by atomic mass is 32.2. The summed E-state index contributed by atoms with van der Waals surface area (Å²) in [5, 5.41) is 5.60. The van der Waals surface area contributed by atoms with Crippen LogP contribution >= 0.6 is 11.8 Å². The van der Waals surface area contributed by atoms with Crippen LogP contribution in [0.4, 0.5) is 5.69 Å². The zero-order valence-corrected chi connectivity index (χ0v) is 16.0. The Bertz CT molecular complexity index is 925. The maximum atomic E-state index is 12.2. The molecule has 2 aromatic carbocycles. The van der Waals surface area contributed by atoms with Crippen molar-refractivity contribution in [1.29, 1.82) is 0 Å². The van der Waals surface area contributed by atoms with Crippen LogP contribution in [0.3, 0.4) is 0 Å². The third kappa shape index (κ3) is 4.04. The minimum atomic E-state index is -0.591. The summed E-state index contributed by atoms with van der Waals surface area (Å²) in [5.41, 5.74) is 2.13. The summed E-state index contributed by atoms with van der Waals surface area (Å²) in [6.45, 7) is 0.206. The van der Waals surface area contributed by atoms with E-state index in [4.69, 9.17) is 4.74 Å². The van der Waals surface area contributed by atoms with E-state index in [1.165, 1.54) is 17.3 Å². The predicted octanol–water partition coefficient (Wildman–Crippen LogP) is 2.74. The monoisotopic (exact) mass is 396 g/mol. The van der Waals surface area contributed by atoms with Crippen LogP contribution in [0.5, 0.6) is 0 Å². The maximum absolute atomic E-state index is 12.2. The second-order valence-electron chi connectivity index (χ2n) is 7.05. The lowest BCUT2D eigenvalue weighted by Gasteiger charge is -2.17. The molecular formula is C21H20N2O4S. The number of rotatable bonds is 6. The highest BCUT2D eigenvalue weighted by molar-refractivity contribution is 8.00. The van der Waals surface area contributed by atoms with Gasteiger partial charge in [0.2, 0.25) is 5.91 Å². The molecule has 1 fully saturated rings. The fraction of sp³-hybridized carbons (Fsp3) is 0.286. The Hall–Kier alpha value is -2.80. The van der Waals surface area contributed by atoms with Crippen molar-refractivity contribution in [3.63, 3.8) is 0 Å². The smallest absolute Gasteiger partial charge is 0.338 e. The van der Waals surface area contributed by atoms with E-state index in [0.29, 0.717) is 23.5 Å². The molecule has 0 unspecified atom stereocenters. The lowest BCUT2D eigenvalue weighted by atomic mass is 9.96. The molecule has 144 valence electrons. The van der Waals surface area contributed by atoms with E-state index in [1.807, 2.05) is 18.2 Å². The molecule has 0 spiro atoms. The molecule has 7 heteroatoms. The molecule has 0 atom stereocenters. The third-order valence-corrected chi connectivity index (χ3v) is 6.12. The van der Waals surface area contributed by atoms with Gasteiger partial charge < -0.3 is 15.4 Å². The number of nitrogens with one attached hydrogen (secondary N) is 2. The Morgan fingerprint density at radius 3 is 2.68 bits per heavy atom. The Balaban J connectivity index is 1.29. The normalized spacial score (nSPS) is 16.5. The van der Waals surface area contributed by atoms with Gasteiger partial charge in [0.05, 0.1) is 17.0 Å². The summed E-state index contributed by atoms with van der Waals surface area (Å²) in [4.78, 5) is 36.7. The van der Waals surface area contributed by atoms with E-state index < -0.39 is 5.97 Å². The number of ether oxygens (including phenoxy) is 1. The van der Waals surface area contributed by atoms with E-state index >= 15 is 0 Å². The average Bonchev–Trinajstić information content (AvgIpc) is 3.52. The van der Waals surface area contributed by atoms with Crippen LogP contribution in [0.1, 0.15) is 28.8 Å². The number of hydrogen-bond acceptors (Lipinski definition) is 5. The molecule has 28 heavy (non-hydrogen) atoms. The molecule has 1 aliphatic carbocycles. The first-order valence-corrected chi connectivity index (χ1v) is 10.1. The van der Waals surface area contributed by atoms with E-state index in [9.17, 15) is 14.4 Å². The van der Waals surface area contributed by atoms with Crippen molar-refractivity contribution in [1.82, 2.24) is 5.32 Å². The topological polar surface area (TPSA) is 84.5 Å². The summed E-state index contributed by atoms with van der Waals surface area (Å²) in [5.74, 6) is -0.652. The van der Waals surface area contributed by atoms with Gasteiger partial charge in [0.15, 0.2) is 6.61 Å². The minimum Gasteiger partial charge on any atom is -0.452 e. The second-order valence-corrected chi connectivity index (χ2v) is 8.06. The zero-order valence-electron chi connectivity index (χ0n) is 15.2. The lowest BCUT2D eigenvalue weighted by Crippen LogP contribution is -2.35. The van der Waals surface area contributed by atoms with Crippen LogP contribution in [0, 0.1) is 0 Å². The van der Waals surface area contributed by atoms with Crippen molar-refractivity contribution in [3.8, 4) is 0 Å².